The van der Waals surface area contributed by atoms with E-state index in [4.69, 9.17) is 0 Å². The third kappa shape index (κ3) is 2.69. The Bertz CT molecular complexity index is 483. The highest BCUT2D eigenvalue weighted by Gasteiger charge is 2.47. The van der Waals surface area contributed by atoms with E-state index in [9.17, 15) is 26.4 Å². The van der Waals surface area contributed by atoms with Crippen molar-refractivity contribution >= 4 is 15.9 Å². The lowest BCUT2D eigenvalue weighted by Gasteiger charge is -2.08. The second-order valence-electron chi connectivity index (χ2n) is 2.60. The molecule has 0 aliphatic rings. The lowest BCUT2D eigenvalue weighted by Crippen LogP contribution is -2.40. The normalized spacial score (nSPS) is 12.2. The van der Waals surface area contributed by atoms with Crippen LogP contribution in [0, 0.1) is 0 Å². The zero-order valence-corrected chi connectivity index (χ0v) is 8.34. The molecule has 0 spiro atoms. The third-order valence-corrected chi connectivity index (χ3v) is 2.49. The van der Waals surface area contributed by atoms with Crippen LogP contribution in [-0.4, -0.2) is 24.8 Å². The number of carbonyl (C=O) groups excluding carboxylic acids is 1. The van der Waals surface area contributed by atoms with Crippen LogP contribution < -0.4 is 4.72 Å². The number of hydrogen-bond acceptors (Lipinski definition) is 4. The lowest BCUT2D eigenvalue weighted by atomic mass is 10.3. The van der Waals surface area contributed by atoms with Crippen LogP contribution in [0.3, 0.4) is 0 Å². The van der Waals surface area contributed by atoms with Gasteiger partial charge in [0, 0.05) is 6.20 Å². The molecule has 0 saturated carbocycles. The smallest absolute Gasteiger partial charge is 0.266 e. The van der Waals surface area contributed by atoms with Gasteiger partial charge >= 0.3 is 15.5 Å². The number of hydrogen-bond donors (Lipinski definition) is 1. The van der Waals surface area contributed by atoms with E-state index in [2.05, 4.69) is 4.98 Å². The molecule has 1 aromatic rings. The Hall–Kier alpha value is -1.64. The molecule has 0 atom stereocenters. The zero-order chi connectivity index (χ0) is 12.4. The molecule has 5 nitrogen and oxygen atoms in total. The average molecular weight is 254 g/mol. The van der Waals surface area contributed by atoms with Crippen molar-refractivity contribution in [1.82, 2.24) is 9.71 Å². The second-order valence-corrected chi connectivity index (χ2v) is 4.27. The molecule has 1 aromatic heterocycles. The highest BCUT2D eigenvalue weighted by Crippen LogP contribution is 2.21. The summed E-state index contributed by atoms with van der Waals surface area (Å²) in [6, 6.07) is 3.85. The van der Waals surface area contributed by atoms with Gasteiger partial charge < -0.3 is 0 Å². The number of sulfonamides is 1. The summed E-state index contributed by atoms with van der Waals surface area (Å²) in [6.07, 6.45) is 1.15. The van der Waals surface area contributed by atoms with Gasteiger partial charge in [-0.3, -0.25) is 9.78 Å². The van der Waals surface area contributed by atoms with Gasteiger partial charge in [-0.05, 0) is 12.1 Å². The van der Waals surface area contributed by atoms with Gasteiger partial charge in [0.25, 0.3) is 5.91 Å². The van der Waals surface area contributed by atoms with Crippen LogP contribution in [0.2, 0.25) is 0 Å². The van der Waals surface area contributed by atoms with E-state index in [1.54, 1.807) is 0 Å². The second kappa shape index (κ2) is 4.08. The molecule has 1 amide bonds. The van der Waals surface area contributed by atoms with Crippen LogP contribution in [0.1, 0.15) is 10.5 Å². The molecule has 16 heavy (non-hydrogen) atoms. The summed E-state index contributed by atoms with van der Waals surface area (Å²) in [5.74, 6) is -1.43. The molecule has 0 radical (unpaired) electrons. The molecule has 1 rings (SSSR count). The van der Waals surface area contributed by atoms with Crippen LogP contribution in [0.15, 0.2) is 24.4 Å². The fraction of sp³-hybridized carbons (Fsp3) is 0.143. The maximum Gasteiger partial charge on any atom is 0.516 e. The van der Waals surface area contributed by atoms with Crippen LogP contribution in [0.5, 0.6) is 0 Å². The van der Waals surface area contributed by atoms with Gasteiger partial charge in [-0.1, -0.05) is 6.07 Å². The van der Waals surface area contributed by atoms with E-state index in [-0.39, 0.29) is 0 Å². The van der Waals surface area contributed by atoms with E-state index >= 15 is 0 Å². The van der Waals surface area contributed by atoms with Gasteiger partial charge in [0.2, 0.25) is 0 Å². The van der Waals surface area contributed by atoms with Gasteiger partial charge in [0.05, 0.1) is 0 Å². The fourth-order valence-electron chi connectivity index (χ4n) is 0.729. The minimum absolute atomic E-state index is 0.421. The van der Waals surface area contributed by atoms with Crippen LogP contribution in [0.25, 0.3) is 0 Å². The van der Waals surface area contributed by atoms with E-state index in [0.29, 0.717) is 0 Å². The summed E-state index contributed by atoms with van der Waals surface area (Å²) >= 11 is 0. The quantitative estimate of drug-likeness (QED) is 0.841. The zero-order valence-electron chi connectivity index (χ0n) is 7.52. The predicted molar refractivity (Wildman–Crippen MR) is 46.7 cm³/mol. The van der Waals surface area contributed by atoms with Crippen molar-refractivity contribution in [2.75, 3.05) is 0 Å². The number of nitrogens with one attached hydrogen (secondary N) is 1. The molecule has 0 unspecified atom stereocenters. The molecule has 88 valence electrons. The summed E-state index contributed by atoms with van der Waals surface area (Å²) in [6.45, 7) is 0. The van der Waals surface area contributed by atoms with Crippen molar-refractivity contribution in [3.05, 3.63) is 30.1 Å². The monoisotopic (exact) mass is 254 g/mol. The number of aromatic nitrogens is 1. The van der Waals surface area contributed by atoms with Crippen LogP contribution >= 0.6 is 0 Å². The molecular weight excluding hydrogens is 249 g/mol. The largest absolute Gasteiger partial charge is 0.516 e. The van der Waals surface area contributed by atoms with E-state index in [1.807, 2.05) is 0 Å². The van der Waals surface area contributed by atoms with Gasteiger partial charge in [-0.25, -0.2) is 4.72 Å². The number of amides is 1. The number of alkyl halides is 3. The number of halogens is 3. The first-order valence-corrected chi connectivity index (χ1v) is 5.27. The van der Waals surface area contributed by atoms with Crippen molar-refractivity contribution in [2.24, 2.45) is 0 Å². The Labute approximate surface area is 88.3 Å². The number of carbonyl (C=O) groups is 1. The fourth-order valence-corrected chi connectivity index (χ4v) is 1.19. The van der Waals surface area contributed by atoms with E-state index < -0.39 is 27.1 Å². The highest BCUT2D eigenvalue weighted by molar-refractivity contribution is 7.90. The lowest BCUT2D eigenvalue weighted by molar-refractivity contribution is -0.0446. The maximum absolute atomic E-state index is 11.9. The SMILES string of the molecule is O=C(NS(=O)(=O)C(F)(F)F)c1ccccn1. The Kier molecular flexibility index (Phi) is 3.17. The minimum Gasteiger partial charge on any atom is -0.266 e. The molecule has 9 heteroatoms. The standard InChI is InChI=1S/C7H5F3N2O3S/c8-7(9,10)16(14,15)12-6(13)5-3-1-2-4-11-5/h1-4H,(H,12,13). The average Bonchev–Trinajstić information content (AvgIpc) is 2.16. The maximum atomic E-state index is 11.9. The molecule has 0 aliphatic carbocycles. The molecule has 0 aliphatic heterocycles. The first-order chi connectivity index (χ1) is 7.24. The summed E-state index contributed by atoms with van der Waals surface area (Å²) in [5, 5.41) is 0. The van der Waals surface area contributed by atoms with Crippen molar-refractivity contribution in [3.8, 4) is 0 Å². The number of rotatable bonds is 2. The van der Waals surface area contributed by atoms with Gasteiger partial charge in [-0.2, -0.15) is 21.6 Å². The summed E-state index contributed by atoms with van der Waals surface area (Å²) < 4.78 is 57.6. The Morgan fingerprint density at radius 2 is 1.94 bits per heavy atom. The van der Waals surface area contributed by atoms with E-state index in [1.165, 1.54) is 12.1 Å². The predicted octanol–water partition coefficient (Wildman–Crippen LogP) is 0.661. The first-order valence-electron chi connectivity index (χ1n) is 3.78. The van der Waals surface area contributed by atoms with Gasteiger partial charge in [-0.15, -0.1) is 0 Å². The summed E-state index contributed by atoms with van der Waals surface area (Å²) in [4.78, 5) is 14.5. The van der Waals surface area contributed by atoms with Crippen molar-refractivity contribution in [1.29, 1.82) is 0 Å². The van der Waals surface area contributed by atoms with Crippen molar-refractivity contribution in [3.63, 3.8) is 0 Å². The molecule has 0 fully saturated rings. The molecular formula is C7H5F3N2O3S. The Balaban J connectivity index is 2.89. The van der Waals surface area contributed by atoms with E-state index in [0.717, 1.165) is 17.0 Å². The molecule has 1 N–H and O–H groups in total. The Morgan fingerprint density at radius 3 is 2.38 bits per heavy atom. The van der Waals surface area contributed by atoms with Gasteiger partial charge in [0.1, 0.15) is 5.69 Å². The summed E-state index contributed by atoms with van der Waals surface area (Å²) in [5.41, 5.74) is -5.95. The first kappa shape index (κ1) is 12.4. The van der Waals surface area contributed by atoms with Crippen LogP contribution in [0.4, 0.5) is 13.2 Å². The van der Waals surface area contributed by atoms with Crippen molar-refractivity contribution < 1.29 is 26.4 Å². The number of nitrogens with zero attached hydrogens (tertiary/aromatic N) is 1. The molecule has 1 heterocycles. The van der Waals surface area contributed by atoms with Gasteiger partial charge in [0.15, 0.2) is 0 Å². The highest BCUT2D eigenvalue weighted by atomic mass is 32.2. The summed E-state index contributed by atoms with van der Waals surface area (Å²) in [7, 11) is -5.68. The molecule has 0 saturated heterocycles. The number of pyridine rings is 1. The van der Waals surface area contributed by atoms with Crippen LogP contribution in [-0.2, 0) is 10.0 Å². The molecule has 0 bridgehead atoms. The molecule has 0 aromatic carbocycles. The topological polar surface area (TPSA) is 76.1 Å². The Morgan fingerprint density at radius 1 is 1.31 bits per heavy atom. The minimum atomic E-state index is -5.68. The third-order valence-electron chi connectivity index (χ3n) is 1.43. The van der Waals surface area contributed by atoms with Crippen molar-refractivity contribution in [2.45, 2.75) is 5.51 Å².